The van der Waals surface area contributed by atoms with E-state index < -0.39 is 0 Å². The van der Waals surface area contributed by atoms with Crippen LogP contribution in [0.2, 0.25) is 0 Å². The third-order valence-corrected chi connectivity index (χ3v) is 4.44. The summed E-state index contributed by atoms with van der Waals surface area (Å²) >= 11 is 0. The number of hydrogen-bond acceptors (Lipinski definition) is 0. The zero-order valence-electron chi connectivity index (χ0n) is 9.10. The lowest BCUT2D eigenvalue weighted by Crippen LogP contribution is -2.14. The molecule has 2 aliphatic rings. The summed E-state index contributed by atoms with van der Waals surface area (Å²) in [5, 5.41) is 0. The Morgan fingerprint density at radius 2 is 1.80 bits per heavy atom. The SMILES string of the molecule is C=CC1CC2CC1CC2c1ccccc1. The summed E-state index contributed by atoms with van der Waals surface area (Å²) in [7, 11) is 0. The third kappa shape index (κ3) is 1.43. The highest BCUT2D eigenvalue weighted by atomic mass is 14.5. The molecule has 0 nitrogen and oxygen atoms in total. The van der Waals surface area contributed by atoms with Gasteiger partial charge in [0.25, 0.3) is 0 Å². The van der Waals surface area contributed by atoms with E-state index >= 15 is 0 Å². The van der Waals surface area contributed by atoms with Crippen LogP contribution in [0, 0.1) is 17.8 Å². The Balaban J connectivity index is 1.81. The third-order valence-electron chi connectivity index (χ3n) is 4.44. The molecule has 0 heteroatoms. The maximum atomic E-state index is 3.96. The zero-order chi connectivity index (χ0) is 10.3. The molecule has 1 aromatic carbocycles. The van der Waals surface area contributed by atoms with E-state index in [2.05, 4.69) is 43.0 Å². The van der Waals surface area contributed by atoms with Gasteiger partial charge in [0, 0.05) is 0 Å². The molecule has 1 aromatic rings. The molecule has 0 amide bonds. The van der Waals surface area contributed by atoms with Crippen LogP contribution in [-0.4, -0.2) is 0 Å². The summed E-state index contributed by atoms with van der Waals surface area (Å²) in [6.07, 6.45) is 6.40. The molecule has 2 aliphatic carbocycles. The van der Waals surface area contributed by atoms with Gasteiger partial charge in [-0.3, -0.25) is 0 Å². The summed E-state index contributed by atoms with van der Waals surface area (Å²) in [5.74, 6) is 3.51. The number of fused-ring (bicyclic) bond motifs is 2. The lowest BCUT2D eigenvalue weighted by Gasteiger charge is -2.26. The normalized spacial score (nSPS) is 38.1. The molecule has 0 radical (unpaired) electrons. The maximum absolute atomic E-state index is 3.96. The van der Waals surface area contributed by atoms with Gasteiger partial charge in [-0.15, -0.1) is 6.58 Å². The van der Waals surface area contributed by atoms with Gasteiger partial charge in [-0.25, -0.2) is 0 Å². The van der Waals surface area contributed by atoms with E-state index in [1.807, 2.05) is 0 Å². The van der Waals surface area contributed by atoms with Crippen LogP contribution in [0.15, 0.2) is 43.0 Å². The van der Waals surface area contributed by atoms with Gasteiger partial charge in [-0.05, 0) is 48.5 Å². The average Bonchev–Trinajstić information content (AvgIpc) is 2.89. The van der Waals surface area contributed by atoms with Crippen molar-refractivity contribution in [2.75, 3.05) is 0 Å². The van der Waals surface area contributed by atoms with E-state index in [-0.39, 0.29) is 0 Å². The summed E-state index contributed by atoms with van der Waals surface area (Å²) in [6.45, 7) is 3.96. The predicted molar refractivity (Wildman–Crippen MR) is 63.7 cm³/mol. The van der Waals surface area contributed by atoms with Gasteiger partial charge >= 0.3 is 0 Å². The topological polar surface area (TPSA) is 0 Å². The van der Waals surface area contributed by atoms with Gasteiger partial charge < -0.3 is 0 Å². The first kappa shape index (κ1) is 9.21. The van der Waals surface area contributed by atoms with Crippen LogP contribution in [0.4, 0.5) is 0 Å². The van der Waals surface area contributed by atoms with E-state index in [0.717, 1.165) is 23.7 Å². The highest BCUT2D eigenvalue weighted by molar-refractivity contribution is 5.24. The highest BCUT2D eigenvalue weighted by Gasteiger charge is 2.44. The van der Waals surface area contributed by atoms with E-state index in [1.165, 1.54) is 19.3 Å². The minimum atomic E-state index is 0.815. The van der Waals surface area contributed by atoms with Crippen molar-refractivity contribution < 1.29 is 0 Å². The standard InChI is InChI=1S/C15H18/c1-2-11-8-14-9-13(11)10-15(14)12-6-4-3-5-7-12/h2-7,11,13-15H,1,8-10H2. The molecule has 2 fully saturated rings. The smallest absolute Gasteiger partial charge is 0.0130 e. The van der Waals surface area contributed by atoms with E-state index in [9.17, 15) is 0 Å². The second-order valence-electron chi connectivity index (χ2n) is 5.14. The molecule has 15 heavy (non-hydrogen) atoms. The van der Waals surface area contributed by atoms with Crippen molar-refractivity contribution in [1.29, 1.82) is 0 Å². The van der Waals surface area contributed by atoms with Gasteiger partial charge in [0.15, 0.2) is 0 Å². The second kappa shape index (κ2) is 3.52. The van der Waals surface area contributed by atoms with Crippen molar-refractivity contribution in [2.24, 2.45) is 17.8 Å². The van der Waals surface area contributed by atoms with Crippen molar-refractivity contribution >= 4 is 0 Å². The summed E-state index contributed by atoms with van der Waals surface area (Å²) in [4.78, 5) is 0. The number of benzene rings is 1. The zero-order valence-corrected chi connectivity index (χ0v) is 9.10. The molecule has 78 valence electrons. The van der Waals surface area contributed by atoms with Gasteiger partial charge in [0.05, 0.1) is 0 Å². The van der Waals surface area contributed by atoms with Crippen molar-refractivity contribution in [2.45, 2.75) is 25.2 Å². The van der Waals surface area contributed by atoms with Gasteiger partial charge in [-0.1, -0.05) is 36.4 Å². The van der Waals surface area contributed by atoms with Crippen molar-refractivity contribution in [3.05, 3.63) is 48.6 Å². The summed E-state index contributed by atoms with van der Waals surface area (Å²) in [6, 6.07) is 11.1. The number of allylic oxidation sites excluding steroid dienone is 1. The number of hydrogen-bond donors (Lipinski definition) is 0. The Bertz CT molecular complexity index is 352. The first-order valence-corrected chi connectivity index (χ1v) is 6.06. The number of rotatable bonds is 2. The minimum absolute atomic E-state index is 0.815. The molecule has 4 atom stereocenters. The fourth-order valence-electron chi connectivity index (χ4n) is 3.72. The van der Waals surface area contributed by atoms with E-state index in [4.69, 9.17) is 0 Å². The molecule has 4 unspecified atom stereocenters. The fourth-order valence-corrected chi connectivity index (χ4v) is 3.72. The summed E-state index contributed by atoms with van der Waals surface area (Å²) < 4.78 is 0. The van der Waals surface area contributed by atoms with Crippen molar-refractivity contribution in [3.63, 3.8) is 0 Å². The predicted octanol–water partition coefficient (Wildman–Crippen LogP) is 4.00. The fraction of sp³-hybridized carbons (Fsp3) is 0.467. The molecule has 0 aliphatic heterocycles. The first-order chi connectivity index (χ1) is 7.38. The molecule has 2 saturated carbocycles. The molecule has 0 spiro atoms. The van der Waals surface area contributed by atoms with Crippen LogP contribution in [0.5, 0.6) is 0 Å². The Kier molecular flexibility index (Phi) is 2.16. The van der Waals surface area contributed by atoms with Gasteiger partial charge in [0.1, 0.15) is 0 Å². The molecule has 0 saturated heterocycles. The van der Waals surface area contributed by atoms with Crippen LogP contribution in [0.1, 0.15) is 30.7 Å². The molecule has 0 aromatic heterocycles. The Morgan fingerprint density at radius 3 is 2.40 bits per heavy atom. The first-order valence-electron chi connectivity index (χ1n) is 6.06. The van der Waals surface area contributed by atoms with Crippen LogP contribution in [0.3, 0.4) is 0 Å². The molecular weight excluding hydrogens is 180 g/mol. The second-order valence-corrected chi connectivity index (χ2v) is 5.14. The molecule has 2 bridgehead atoms. The largest absolute Gasteiger partial charge is 0.103 e. The Labute approximate surface area is 92.0 Å². The Morgan fingerprint density at radius 1 is 1.00 bits per heavy atom. The monoisotopic (exact) mass is 198 g/mol. The van der Waals surface area contributed by atoms with Crippen LogP contribution < -0.4 is 0 Å². The highest BCUT2D eigenvalue weighted by Crippen LogP contribution is 2.55. The lowest BCUT2D eigenvalue weighted by atomic mass is 9.79. The molecule has 0 heterocycles. The lowest BCUT2D eigenvalue weighted by molar-refractivity contribution is 0.355. The molecular formula is C15H18. The quantitative estimate of drug-likeness (QED) is 0.630. The van der Waals surface area contributed by atoms with E-state index in [1.54, 1.807) is 5.56 Å². The van der Waals surface area contributed by atoms with Gasteiger partial charge in [0.2, 0.25) is 0 Å². The van der Waals surface area contributed by atoms with Crippen LogP contribution >= 0.6 is 0 Å². The Hall–Kier alpha value is -1.04. The summed E-state index contributed by atoms with van der Waals surface area (Å²) in [5.41, 5.74) is 1.56. The van der Waals surface area contributed by atoms with Crippen LogP contribution in [-0.2, 0) is 0 Å². The van der Waals surface area contributed by atoms with Crippen molar-refractivity contribution in [3.8, 4) is 0 Å². The molecule has 0 N–H and O–H groups in total. The average molecular weight is 198 g/mol. The van der Waals surface area contributed by atoms with Gasteiger partial charge in [-0.2, -0.15) is 0 Å². The van der Waals surface area contributed by atoms with E-state index in [0.29, 0.717) is 0 Å². The maximum Gasteiger partial charge on any atom is -0.0130 e. The molecule has 3 rings (SSSR count). The van der Waals surface area contributed by atoms with Crippen molar-refractivity contribution in [1.82, 2.24) is 0 Å². The minimum Gasteiger partial charge on any atom is -0.103 e. The van der Waals surface area contributed by atoms with Crippen LogP contribution in [0.25, 0.3) is 0 Å².